The Bertz CT molecular complexity index is 630. The van der Waals surface area contributed by atoms with E-state index in [2.05, 4.69) is 36.3 Å². The van der Waals surface area contributed by atoms with Gasteiger partial charge >= 0.3 is 0 Å². The molecule has 0 radical (unpaired) electrons. The predicted octanol–water partition coefficient (Wildman–Crippen LogP) is 2.51. The Morgan fingerprint density at radius 2 is 1.86 bits per heavy atom. The summed E-state index contributed by atoms with van der Waals surface area (Å²) in [6.07, 6.45) is 1.15. The van der Waals surface area contributed by atoms with Gasteiger partial charge in [0.15, 0.2) is 17.5 Å². The van der Waals surface area contributed by atoms with E-state index in [0.29, 0.717) is 18.5 Å². The summed E-state index contributed by atoms with van der Waals surface area (Å²) < 4.78 is 16.2. The number of nitrogens with zero attached hydrogens (tertiary/aromatic N) is 2. The van der Waals surface area contributed by atoms with Gasteiger partial charge in [-0.1, -0.05) is 19.9 Å². The van der Waals surface area contributed by atoms with Gasteiger partial charge in [0.05, 0.1) is 34.0 Å². The molecule has 164 valence electrons. The second-order valence-electron chi connectivity index (χ2n) is 7.70. The zero-order valence-corrected chi connectivity index (χ0v) is 18.7. The number of hydrogen-bond acceptors (Lipinski definition) is 5. The number of aliphatic imine (C=N–C) groups is 1. The summed E-state index contributed by atoms with van der Waals surface area (Å²) in [7, 11) is 3.29. The fourth-order valence-electron chi connectivity index (χ4n) is 3.55. The molecule has 1 fully saturated rings. The van der Waals surface area contributed by atoms with Gasteiger partial charge in [0, 0.05) is 32.2 Å². The average Bonchev–Trinajstić information content (AvgIpc) is 2.74. The molecule has 0 saturated carbocycles. The molecule has 1 heterocycles. The van der Waals surface area contributed by atoms with Crippen LogP contribution in [0.5, 0.6) is 11.5 Å². The zero-order chi connectivity index (χ0) is 21.1. The van der Waals surface area contributed by atoms with Gasteiger partial charge in [-0.05, 0) is 37.0 Å². The maximum Gasteiger partial charge on any atom is 0.191 e. The van der Waals surface area contributed by atoms with E-state index in [1.54, 1.807) is 14.2 Å². The van der Waals surface area contributed by atoms with E-state index in [1.807, 2.05) is 18.2 Å². The van der Waals surface area contributed by atoms with Gasteiger partial charge in [0.2, 0.25) is 0 Å². The van der Waals surface area contributed by atoms with Gasteiger partial charge in [0.25, 0.3) is 0 Å². The molecule has 2 N–H and O–H groups in total. The maximum atomic E-state index is 5.52. The molecule has 0 aliphatic carbocycles. The Morgan fingerprint density at radius 3 is 2.48 bits per heavy atom. The van der Waals surface area contributed by atoms with Crippen molar-refractivity contribution < 1.29 is 14.2 Å². The van der Waals surface area contributed by atoms with Crippen molar-refractivity contribution in [2.75, 3.05) is 53.6 Å². The van der Waals surface area contributed by atoms with Crippen LogP contribution >= 0.6 is 0 Å². The predicted molar refractivity (Wildman–Crippen MR) is 118 cm³/mol. The topological polar surface area (TPSA) is 67.4 Å². The third kappa shape index (κ3) is 7.74. The quantitative estimate of drug-likeness (QED) is 0.460. The molecular weight excluding hydrogens is 368 g/mol. The lowest BCUT2D eigenvalue weighted by Crippen LogP contribution is -2.51. The molecule has 29 heavy (non-hydrogen) atoms. The summed E-state index contributed by atoms with van der Waals surface area (Å²) >= 11 is 0. The first-order valence-corrected chi connectivity index (χ1v) is 10.6. The van der Waals surface area contributed by atoms with Crippen molar-refractivity contribution in [3.8, 4) is 11.5 Å². The highest BCUT2D eigenvalue weighted by Crippen LogP contribution is 2.27. The van der Waals surface area contributed by atoms with Crippen LogP contribution in [0.3, 0.4) is 0 Å². The highest BCUT2D eigenvalue weighted by Gasteiger charge is 2.22. The lowest BCUT2D eigenvalue weighted by Gasteiger charge is -2.35. The monoisotopic (exact) mass is 406 g/mol. The Balaban J connectivity index is 2.01. The molecular formula is C22H38N4O3. The van der Waals surface area contributed by atoms with Gasteiger partial charge in [0.1, 0.15) is 0 Å². The lowest BCUT2D eigenvalue weighted by molar-refractivity contribution is 0.0132. The highest BCUT2D eigenvalue weighted by molar-refractivity contribution is 5.79. The molecule has 1 unspecified atom stereocenters. The van der Waals surface area contributed by atoms with E-state index in [-0.39, 0.29) is 0 Å². The molecule has 0 spiro atoms. The van der Waals surface area contributed by atoms with Crippen LogP contribution in [0, 0.1) is 5.92 Å². The third-order valence-electron chi connectivity index (χ3n) is 5.02. The fraction of sp³-hybridized carbons (Fsp3) is 0.682. The second-order valence-corrected chi connectivity index (χ2v) is 7.70. The summed E-state index contributed by atoms with van der Waals surface area (Å²) in [5, 5.41) is 6.90. The Labute approximate surface area is 175 Å². The molecule has 1 aromatic carbocycles. The number of methoxy groups -OCH3 is 2. The van der Waals surface area contributed by atoms with Gasteiger partial charge in [-0.2, -0.15) is 0 Å². The summed E-state index contributed by atoms with van der Waals surface area (Å²) in [4.78, 5) is 7.30. The molecule has 1 aliphatic heterocycles. The minimum Gasteiger partial charge on any atom is -0.493 e. The molecule has 1 atom stereocenters. The molecule has 1 aliphatic rings. The van der Waals surface area contributed by atoms with E-state index in [0.717, 1.165) is 68.8 Å². The van der Waals surface area contributed by atoms with Crippen LogP contribution in [0.4, 0.5) is 0 Å². The molecule has 0 aromatic heterocycles. The van der Waals surface area contributed by atoms with Crippen LogP contribution in [-0.2, 0) is 11.3 Å². The molecule has 0 bridgehead atoms. The maximum absolute atomic E-state index is 5.52. The highest BCUT2D eigenvalue weighted by atomic mass is 16.5. The molecule has 0 amide bonds. The van der Waals surface area contributed by atoms with Gasteiger partial charge in [-0.3, -0.25) is 4.90 Å². The summed E-state index contributed by atoms with van der Waals surface area (Å²) in [5.74, 6) is 2.94. The smallest absolute Gasteiger partial charge is 0.191 e. The number of nitrogens with one attached hydrogen (secondary N) is 2. The van der Waals surface area contributed by atoms with Crippen molar-refractivity contribution in [3.05, 3.63) is 23.8 Å². The van der Waals surface area contributed by atoms with Crippen LogP contribution in [0.15, 0.2) is 23.2 Å². The third-order valence-corrected chi connectivity index (χ3v) is 5.02. The molecule has 1 saturated heterocycles. The SMILES string of the molecule is CCNC(=NCc1ccc(OC)c(OC)c1)NCC(CC(C)C)N1CCOCC1. The van der Waals surface area contributed by atoms with E-state index < -0.39 is 0 Å². The number of guanidine groups is 1. The van der Waals surface area contributed by atoms with Crippen molar-refractivity contribution in [1.29, 1.82) is 0 Å². The van der Waals surface area contributed by atoms with E-state index >= 15 is 0 Å². The molecule has 7 nitrogen and oxygen atoms in total. The number of hydrogen-bond donors (Lipinski definition) is 2. The first-order chi connectivity index (χ1) is 14.1. The van der Waals surface area contributed by atoms with E-state index in [9.17, 15) is 0 Å². The number of benzene rings is 1. The zero-order valence-electron chi connectivity index (χ0n) is 18.7. The van der Waals surface area contributed by atoms with Crippen LogP contribution in [0.2, 0.25) is 0 Å². The number of morpholine rings is 1. The van der Waals surface area contributed by atoms with Gasteiger partial charge < -0.3 is 24.8 Å². The van der Waals surface area contributed by atoms with Crippen molar-refractivity contribution in [1.82, 2.24) is 15.5 Å². The summed E-state index contributed by atoms with van der Waals surface area (Å²) in [5.41, 5.74) is 1.08. The van der Waals surface area contributed by atoms with Crippen molar-refractivity contribution in [3.63, 3.8) is 0 Å². The molecule has 7 heteroatoms. The van der Waals surface area contributed by atoms with Crippen LogP contribution in [0.1, 0.15) is 32.8 Å². The largest absolute Gasteiger partial charge is 0.493 e. The normalized spacial score (nSPS) is 16.6. The summed E-state index contributed by atoms with van der Waals surface area (Å²) in [6.45, 7) is 12.6. The minimum atomic E-state index is 0.476. The van der Waals surface area contributed by atoms with Gasteiger partial charge in [-0.15, -0.1) is 0 Å². The van der Waals surface area contributed by atoms with Crippen molar-refractivity contribution in [2.24, 2.45) is 10.9 Å². The first-order valence-electron chi connectivity index (χ1n) is 10.6. The average molecular weight is 407 g/mol. The molecule has 1 aromatic rings. The first kappa shape index (κ1) is 23.3. The number of rotatable bonds is 10. The Kier molecular flexibility index (Phi) is 10.1. The van der Waals surface area contributed by atoms with Gasteiger partial charge in [-0.25, -0.2) is 4.99 Å². The summed E-state index contributed by atoms with van der Waals surface area (Å²) in [6, 6.07) is 6.38. The Hall–Kier alpha value is -1.99. The van der Waals surface area contributed by atoms with Crippen molar-refractivity contribution in [2.45, 2.75) is 39.8 Å². The van der Waals surface area contributed by atoms with E-state index in [4.69, 9.17) is 19.2 Å². The van der Waals surface area contributed by atoms with Crippen LogP contribution in [-0.4, -0.2) is 70.5 Å². The Morgan fingerprint density at radius 1 is 1.14 bits per heavy atom. The second kappa shape index (κ2) is 12.5. The van der Waals surface area contributed by atoms with Crippen LogP contribution in [0.25, 0.3) is 0 Å². The standard InChI is InChI=1S/C22H38N4O3/c1-6-23-22(24-15-18-7-8-20(27-4)21(14-18)28-5)25-16-19(13-17(2)3)26-9-11-29-12-10-26/h7-8,14,17,19H,6,9-13,15-16H2,1-5H3,(H2,23,24,25). The molecule has 2 rings (SSSR count). The minimum absolute atomic E-state index is 0.476. The van der Waals surface area contributed by atoms with Crippen molar-refractivity contribution >= 4 is 5.96 Å². The number of ether oxygens (including phenoxy) is 3. The lowest BCUT2D eigenvalue weighted by atomic mass is 10.0. The van der Waals surface area contributed by atoms with Crippen LogP contribution < -0.4 is 20.1 Å². The fourth-order valence-corrected chi connectivity index (χ4v) is 3.55. The van der Waals surface area contributed by atoms with E-state index in [1.165, 1.54) is 0 Å².